The SMILES string of the molecule is N#CC1=C(SCC(=O)NC[C@@H]2CCCO2)NC(=O)C[C@@H]1c1ccccc1. The third kappa shape index (κ3) is 4.65. The summed E-state index contributed by atoms with van der Waals surface area (Å²) >= 11 is 1.20. The monoisotopic (exact) mass is 371 g/mol. The fourth-order valence-corrected chi connectivity index (χ4v) is 4.03. The van der Waals surface area contributed by atoms with Crippen LogP contribution in [0.2, 0.25) is 0 Å². The first-order chi connectivity index (χ1) is 12.7. The highest BCUT2D eigenvalue weighted by molar-refractivity contribution is 8.03. The molecule has 1 saturated heterocycles. The highest BCUT2D eigenvalue weighted by Gasteiger charge is 2.29. The summed E-state index contributed by atoms with van der Waals surface area (Å²) in [5.74, 6) is -0.395. The van der Waals surface area contributed by atoms with Crippen LogP contribution in [0.3, 0.4) is 0 Å². The number of hydrogen-bond acceptors (Lipinski definition) is 5. The highest BCUT2D eigenvalue weighted by atomic mass is 32.2. The number of hydrogen-bond donors (Lipinski definition) is 2. The average molecular weight is 371 g/mol. The van der Waals surface area contributed by atoms with Crippen LogP contribution in [0.25, 0.3) is 0 Å². The van der Waals surface area contributed by atoms with Crippen LogP contribution in [0.15, 0.2) is 40.9 Å². The molecule has 1 aromatic rings. The Labute approximate surface area is 157 Å². The van der Waals surface area contributed by atoms with Gasteiger partial charge in [-0.1, -0.05) is 42.1 Å². The smallest absolute Gasteiger partial charge is 0.230 e. The molecule has 0 aromatic heterocycles. The standard InChI is InChI=1S/C19H21N3O3S/c20-10-16-15(13-5-2-1-3-6-13)9-17(23)22-19(16)26-12-18(24)21-11-14-7-4-8-25-14/h1-3,5-6,14-15H,4,7-9,11-12H2,(H,21,24)(H,22,23)/t14-,15+/m0/s1. The van der Waals surface area contributed by atoms with Gasteiger partial charge in [0.2, 0.25) is 11.8 Å². The maximum atomic E-state index is 12.1. The number of nitrogens with zero attached hydrogens (tertiary/aromatic N) is 1. The normalized spacial score (nSPS) is 22.7. The number of benzene rings is 1. The maximum Gasteiger partial charge on any atom is 0.230 e. The van der Waals surface area contributed by atoms with Gasteiger partial charge < -0.3 is 15.4 Å². The van der Waals surface area contributed by atoms with E-state index in [4.69, 9.17) is 4.74 Å². The molecular formula is C19H21N3O3S. The predicted molar refractivity (Wildman–Crippen MR) is 99.0 cm³/mol. The van der Waals surface area contributed by atoms with E-state index in [1.807, 2.05) is 30.3 Å². The summed E-state index contributed by atoms with van der Waals surface area (Å²) in [6.07, 6.45) is 2.32. The Bertz CT molecular complexity index is 736. The van der Waals surface area contributed by atoms with Crippen LogP contribution in [0, 0.1) is 11.3 Å². The number of amides is 2. The molecule has 136 valence electrons. The Hall–Kier alpha value is -2.30. The minimum atomic E-state index is -0.271. The zero-order valence-corrected chi connectivity index (χ0v) is 15.2. The lowest BCUT2D eigenvalue weighted by molar-refractivity contribution is -0.121. The second-order valence-corrected chi connectivity index (χ2v) is 7.28. The number of carbonyl (C=O) groups excluding carboxylic acids is 2. The van der Waals surface area contributed by atoms with E-state index < -0.39 is 0 Å². The number of rotatable bonds is 6. The van der Waals surface area contributed by atoms with E-state index in [1.54, 1.807) is 0 Å². The zero-order valence-electron chi connectivity index (χ0n) is 14.4. The molecule has 0 unspecified atom stereocenters. The van der Waals surface area contributed by atoms with Gasteiger partial charge in [-0.25, -0.2) is 0 Å². The molecule has 6 nitrogen and oxygen atoms in total. The van der Waals surface area contributed by atoms with Gasteiger partial charge in [-0.05, 0) is 18.4 Å². The molecule has 2 amide bonds. The minimum absolute atomic E-state index is 0.0923. The molecular weight excluding hydrogens is 350 g/mol. The Morgan fingerprint density at radius 2 is 2.19 bits per heavy atom. The lowest BCUT2D eigenvalue weighted by Gasteiger charge is -2.25. The molecule has 2 atom stereocenters. The molecule has 2 heterocycles. The van der Waals surface area contributed by atoms with Crippen molar-refractivity contribution in [2.45, 2.75) is 31.3 Å². The van der Waals surface area contributed by atoms with Gasteiger partial charge in [-0.3, -0.25) is 9.59 Å². The molecule has 0 radical (unpaired) electrons. The van der Waals surface area contributed by atoms with E-state index in [2.05, 4.69) is 16.7 Å². The predicted octanol–water partition coefficient (Wildman–Crippen LogP) is 2.05. The van der Waals surface area contributed by atoms with E-state index in [1.165, 1.54) is 11.8 Å². The first kappa shape index (κ1) is 18.5. The van der Waals surface area contributed by atoms with Crippen LogP contribution >= 0.6 is 11.8 Å². The molecule has 0 saturated carbocycles. The van der Waals surface area contributed by atoms with Gasteiger partial charge in [0.15, 0.2) is 0 Å². The third-order valence-corrected chi connectivity index (χ3v) is 5.47. The van der Waals surface area contributed by atoms with Crippen LogP contribution in [-0.4, -0.2) is 36.8 Å². The molecule has 0 spiro atoms. The minimum Gasteiger partial charge on any atom is -0.376 e. The van der Waals surface area contributed by atoms with E-state index in [-0.39, 0.29) is 36.0 Å². The second kappa shape index (κ2) is 8.88. The lowest BCUT2D eigenvalue weighted by Crippen LogP contribution is -2.34. The van der Waals surface area contributed by atoms with Crippen LogP contribution in [0.5, 0.6) is 0 Å². The molecule has 26 heavy (non-hydrogen) atoms. The van der Waals surface area contributed by atoms with Gasteiger partial charge in [-0.15, -0.1) is 0 Å². The summed E-state index contributed by atoms with van der Waals surface area (Å²) in [5.41, 5.74) is 1.44. The van der Waals surface area contributed by atoms with Crippen molar-refractivity contribution in [2.75, 3.05) is 18.9 Å². The first-order valence-corrected chi connectivity index (χ1v) is 9.66. The first-order valence-electron chi connectivity index (χ1n) is 8.67. The average Bonchev–Trinajstić information content (AvgIpc) is 3.18. The van der Waals surface area contributed by atoms with Crippen LogP contribution in [0.4, 0.5) is 0 Å². The molecule has 7 heteroatoms. The van der Waals surface area contributed by atoms with E-state index in [0.29, 0.717) is 17.1 Å². The fourth-order valence-electron chi connectivity index (χ4n) is 3.12. The van der Waals surface area contributed by atoms with Crippen LogP contribution in [-0.2, 0) is 14.3 Å². The lowest BCUT2D eigenvalue weighted by atomic mass is 9.87. The second-order valence-electron chi connectivity index (χ2n) is 6.30. The highest BCUT2D eigenvalue weighted by Crippen LogP contribution is 2.35. The molecule has 0 bridgehead atoms. The van der Waals surface area contributed by atoms with E-state index in [9.17, 15) is 14.9 Å². The summed E-state index contributed by atoms with van der Waals surface area (Å²) in [6.45, 7) is 1.25. The number of thioether (sulfide) groups is 1. The summed E-state index contributed by atoms with van der Waals surface area (Å²) in [7, 11) is 0. The van der Waals surface area contributed by atoms with Crippen molar-refractivity contribution < 1.29 is 14.3 Å². The largest absolute Gasteiger partial charge is 0.376 e. The van der Waals surface area contributed by atoms with Crippen molar-refractivity contribution >= 4 is 23.6 Å². The zero-order chi connectivity index (χ0) is 18.4. The quantitative estimate of drug-likeness (QED) is 0.799. The van der Waals surface area contributed by atoms with Crippen molar-refractivity contribution in [3.05, 3.63) is 46.5 Å². The summed E-state index contributed by atoms with van der Waals surface area (Å²) in [4.78, 5) is 24.1. The van der Waals surface area contributed by atoms with Crippen molar-refractivity contribution in [3.63, 3.8) is 0 Å². The van der Waals surface area contributed by atoms with Gasteiger partial charge >= 0.3 is 0 Å². The maximum absolute atomic E-state index is 12.1. The van der Waals surface area contributed by atoms with Crippen molar-refractivity contribution in [3.8, 4) is 6.07 Å². The Morgan fingerprint density at radius 1 is 1.38 bits per heavy atom. The molecule has 2 N–H and O–H groups in total. The molecule has 2 aliphatic heterocycles. The van der Waals surface area contributed by atoms with Gasteiger partial charge in [0, 0.05) is 25.5 Å². The number of allylic oxidation sites excluding steroid dienone is 1. The number of carbonyl (C=O) groups is 2. The van der Waals surface area contributed by atoms with Gasteiger partial charge in [0.1, 0.15) is 0 Å². The summed E-state index contributed by atoms with van der Waals surface area (Å²) < 4.78 is 5.48. The number of nitrogens with one attached hydrogen (secondary N) is 2. The van der Waals surface area contributed by atoms with Crippen molar-refractivity contribution in [2.24, 2.45) is 0 Å². The van der Waals surface area contributed by atoms with Gasteiger partial charge in [-0.2, -0.15) is 5.26 Å². The number of nitriles is 1. The molecule has 1 aromatic carbocycles. The molecule has 0 aliphatic carbocycles. The molecule has 1 fully saturated rings. The Balaban J connectivity index is 1.64. The molecule has 2 aliphatic rings. The Kier molecular flexibility index (Phi) is 6.31. The van der Waals surface area contributed by atoms with Gasteiger partial charge in [0.05, 0.1) is 28.5 Å². The van der Waals surface area contributed by atoms with Crippen molar-refractivity contribution in [1.29, 1.82) is 5.26 Å². The van der Waals surface area contributed by atoms with E-state index >= 15 is 0 Å². The Morgan fingerprint density at radius 3 is 2.88 bits per heavy atom. The van der Waals surface area contributed by atoms with E-state index in [0.717, 1.165) is 25.0 Å². The molecule has 3 rings (SSSR count). The summed E-state index contributed by atoms with van der Waals surface area (Å²) in [5, 5.41) is 15.7. The van der Waals surface area contributed by atoms with Crippen molar-refractivity contribution in [1.82, 2.24) is 10.6 Å². The van der Waals surface area contributed by atoms with Crippen LogP contribution in [0.1, 0.15) is 30.7 Å². The summed E-state index contributed by atoms with van der Waals surface area (Å²) in [6, 6.07) is 11.7. The van der Waals surface area contributed by atoms with Gasteiger partial charge in [0.25, 0.3) is 0 Å². The van der Waals surface area contributed by atoms with Crippen LogP contribution < -0.4 is 10.6 Å². The third-order valence-electron chi connectivity index (χ3n) is 4.46. The topological polar surface area (TPSA) is 91.2 Å². The number of ether oxygens (including phenoxy) is 1. The fraction of sp³-hybridized carbons (Fsp3) is 0.421.